The average Bonchev–Trinajstić information content (AvgIpc) is 2.73. The van der Waals surface area contributed by atoms with Crippen LogP contribution in [0.25, 0.3) is 0 Å². The molecule has 164 valence electrons. The zero-order valence-corrected chi connectivity index (χ0v) is 18.5. The van der Waals surface area contributed by atoms with Gasteiger partial charge in [-0.1, -0.05) is 13.0 Å². The maximum Gasteiger partial charge on any atom is 0.241 e. The molecule has 10 heteroatoms. The minimum atomic E-state index is -3.77. The molecule has 0 aliphatic carbocycles. The van der Waals surface area contributed by atoms with Crippen LogP contribution in [0.3, 0.4) is 0 Å². The van der Waals surface area contributed by atoms with Crippen molar-refractivity contribution in [1.82, 2.24) is 4.72 Å². The Morgan fingerprint density at radius 1 is 1.00 bits per heavy atom. The highest BCUT2D eigenvalue weighted by molar-refractivity contribution is 7.91. The van der Waals surface area contributed by atoms with Gasteiger partial charge in [0.1, 0.15) is 25.6 Å². The third kappa shape index (κ3) is 5.65. The lowest BCUT2D eigenvalue weighted by atomic mass is 10.1. The molecule has 3 rings (SSSR count). The summed E-state index contributed by atoms with van der Waals surface area (Å²) in [5, 5.41) is 0. The zero-order chi connectivity index (χ0) is 21.8. The van der Waals surface area contributed by atoms with Crippen LogP contribution in [0.4, 0.5) is 0 Å². The van der Waals surface area contributed by atoms with Gasteiger partial charge in [0.25, 0.3) is 0 Å². The average molecular weight is 456 g/mol. The number of nitrogens with one attached hydrogen (secondary N) is 1. The molecule has 1 unspecified atom stereocenters. The Balaban J connectivity index is 1.63. The van der Waals surface area contributed by atoms with Crippen LogP contribution in [-0.4, -0.2) is 48.2 Å². The number of ether oxygens (including phenoxy) is 3. The molecule has 0 bridgehead atoms. The number of hydrogen-bond acceptors (Lipinski definition) is 7. The molecule has 1 atom stereocenters. The highest BCUT2D eigenvalue weighted by Crippen LogP contribution is 2.33. The summed E-state index contributed by atoms with van der Waals surface area (Å²) in [6.07, 6.45) is 0. The van der Waals surface area contributed by atoms with Crippen LogP contribution < -0.4 is 18.9 Å². The summed E-state index contributed by atoms with van der Waals surface area (Å²) in [6, 6.07) is 10.7. The molecule has 2 aromatic rings. The van der Waals surface area contributed by atoms with Crippen LogP contribution in [0, 0.1) is 0 Å². The molecule has 30 heavy (non-hydrogen) atoms. The Morgan fingerprint density at radius 3 is 2.33 bits per heavy atom. The Labute approximate surface area is 177 Å². The molecule has 0 radical (unpaired) electrons. The molecular weight excluding hydrogens is 430 g/mol. The van der Waals surface area contributed by atoms with Gasteiger partial charge in [-0.2, -0.15) is 0 Å². The van der Waals surface area contributed by atoms with E-state index in [1.165, 1.54) is 24.3 Å². The summed E-state index contributed by atoms with van der Waals surface area (Å²) in [5.74, 6) is 1.61. The molecule has 1 N–H and O–H groups in total. The highest BCUT2D eigenvalue weighted by Gasteiger charge is 2.20. The van der Waals surface area contributed by atoms with Crippen molar-refractivity contribution in [1.29, 1.82) is 0 Å². The maximum atomic E-state index is 12.7. The Kier molecular flexibility index (Phi) is 6.89. The Morgan fingerprint density at radius 2 is 1.67 bits per heavy atom. The first-order chi connectivity index (χ1) is 14.2. The second-order valence-corrected chi connectivity index (χ2v) is 11.0. The number of sulfone groups is 1. The monoisotopic (exact) mass is 455 g/mol. The molecule has 2 aromatic carbocycles. The van der Waals surface area contributed by atoms with E-state index < -0.39 is 25.9 Å². The Hall–Kier alpha value is -2.30. The molecule has 8 nitrogen and oxygen atoms in total. The first kappa shape index (κ1) is 22.4. The zero-order valence-electron chi connectivity index (χ0n) is 16.8. The summed E-state index contributed by atoms with van der Waals surface area (Å²) in [6.45, 7) is 4.28. The number of hydrogen-bond donors (Lipinski definition) is 1. The quantitative estimate of drug-likeness (QED) is 0.618. The van der Waals surface area contributed by atoms with Crippen molar-refractivity contribution in [3.63, 3.8) is 0 Å². The van der Waals surface area contributed by atoms with E-state index in [9.17, 15) is 16.8 Å². The fraction of sp³-hybridized carbons (Fsp3) is 0.400. The van der Waals surface area contributed by atoms with Gasteiger partial charge < -0.3 is 14.2 Å². The van der Waals surface area contributed by atoms with Gasteiger partial charge in [0, 0.05) is 11.8 Å². The van der Waals surface area contributed by atoms with E-state index >= 15 is 0 Å². The summed E-state index contributed by atoms with van der Waals surface area (Å²) in [7, 11) is -6.88. The van der Waals surface area contributed by atoms with Crippen LogP contribution in [0.15, 0.2) is 47.4 Å². The lowest BCUT2D eigenvalue weighted by molar-refractivity contribution is 0.171. The van der Waals surface area contributed by atoms with Gasteiger partial charge in [0.05, 0.1) is 10.6 Å². The number of rotatable bonds is 9. The van der Waals surface area contributed by atoms with Crippen molar-refractivity contribution in [2.24, 2.45) is 0 Å². The van der Waals surface area contributed by atoms with Crippen LogP contribution in [0.5, 0.6) is 17.2 Å². The summed E-state index contributed by atoms with van der Waals surface area (Å²) < 4.78 is 67.5. The van der Waals surface area contributed by atoms with E-state index in [4.69, 9.17) is 14.2 Å². The van der Waals surface area contributed by atoms with E-state index in [-0.39, 0.29) is 23.0 Å². The predicted molar refractivity (Wildman–Crippen MR) is 112 cm³/mol. The molecule has 1 aliphatic heterocycles. The summed E-state index contributed by atoms with van der Waals surface area (Å²) in [4.78, 5) is 0.0837. The number of fused-ring (bicyclic) bond motifs is 1. The molecular formula is C20H25NO7S2. The molecule has 0 spiro atoms. The SMILES string of the molecule is CCS(=O)(=O)CCOc1ccc(S(=O)(=O)NC(C)c2ccc3c(c2)OCCO3)cc1. The molecule has 1 heterocycles. The van der Waals surface area contributed by atoms with Crippen LogP contribution in [0.2, 0.25) is 0 Å². The van der Waals surface area contributed by atoms with Crippen molar-refractivity contribution in [2.75, 3.05) is 31.3 Å². The third-order valence-corrected chi connectivity index (χ3v) is 7.86. The fourth-order valence-corrected chi connectivity index (χ4v) is 4.70. The molecule has 0 aromatic heterocycles. The van der Waals surface area contributed by atoms with Crippen LogP contribution in [-0.2, 0) is 19.9 Å². The summed E-state index contributed by atoms with van der Waals surface area (Å²) in [5.41, 5.74) is 0.750. The second kappa shape index (κ2) is 9.23. The standard InChI is InChI=1S/C20H25NO7S2/c1-3-29(22,23)13-12-26-17-5-7-18(8-6-17)30(24,25)21-15(2)16-4-9-19-20(14-16)28-11-10-27-19/h4-9,14-15,21H,3,10-13H2,1-2H3. The largest absolute Gasteiger partial charge is 0.493 e. The van der Waals surface area contributed by atoms with Gasteiger partial charge in [-0.05, 0) is 48.9 Å². The Bertz CT molecular complexity index is 1080. The van der Waals surface area contributed by atoms with E-state index in [1.54, 1.807) is 32.0 Å². The minimum Gasteiger partial charge on any atom is -0.493 e. The fourth-order valence-electron chi connectivity index (χ4n) is 2.84. The number of benzene rings is 2. The molecule has 0 amide bonds. The smallest absolute Gasteiger partial charge is 0.241 e. The van der Waals surface area contributed by atoms with E-state index in [0.717, 1.165) is 5.56 Å². The van der Waals surface area contributed by atoms with Crippen LogP contribution in [0.1, 0.15) is 25.5 Å². The van der Waals surface area contributed by atoms with Crippen molar-refractivity contribution in [2.45, 2.75) is 24.8 Å². The van der Waals surface area contributed by atoms with Crippen molar-refractivity contribution in [3.05, 3.63) is 48.0 Å². The molecule has 0 saturated heterocycles. The predicted octanol–water partition coefficient (Wildman–Crippen LogP) is 2.31. The first-order valence-electron chi connectivity index (χ1n) is 9.55. The summed E-state index contributed by atoms with van der Waals surface area (Å²) >= 11 is 0. The second-order valence-electron chi connectivity index (χ2n) is 6.80. The van der Waals surface area contributed by atoms with E-state index in [0.29, 0.717) is 30.5 Å². The van der Waals surface area contributed by atoms with Crippen molar-refractivity contribution in [3.8, 4) is 17.2 Å². The van der Waals surface area contributed by atoms with Gasteiger partial charge in [-0.25, -0.2) is 21.6 Å². The highest BCUT2D eigenvalue weighted by atomic mass is 32.2. The van der Waals surface area contributed by atoms with Gasteiger partial charge in [0.15, 0.2) is 21.3 Å². The number of sulfonamides is 1. The van der Waals surface area contributed by atoms with Gasteiger partial charge in [0.2, 0.25) is 10.0 Å². The van der Waals surface area contributed by atoms with Crippen LogP contribution >= 0.6 is 0 Å². The van der Waals surface area contributed by atoms with E-state index in [2.05, 4.69) is 4.72 Å². The third-order valence-electron chi connectivity index (χ3n) is 4.64. The molecule has 1 aliphatic rings. The first-order valence-corrected chi connectivity index (χ1v) is 12.9. The molecule has 0 saturated carbocycles. The van der Waals surface area contributed by atoms with Crippen molar-refractivity contribution < 1.29 is 31.0 Å². The minimum absolute atomic E-state index is 0.0155. The topological polar surface area (TPSA) is 108 Å². The molecule has 0 fully saturated rings. The van der Waals surface area contributed by atoms with E-state index in [1.807, 2.05) is 0 Å². The normalized spacial score (nSPS) is 14.9. The lowest BCUT2D eigenvalue weighted by Gasteiger charge is -2.21. The lowest BCUT2D eigenvalue weighted by Crippen LogP contribution is -2.27. The van der Waals surface area contributed by atoms with Crippen molar-refractivity contribution >= 4 is 19.9 Å². The maximum absolute atomic E-state index is 12.7. The van der Waals surface area contributed by atoms with Gasteiger partial charge in [-0.3, -0.25) is 0 Å². The van der Waals surface area contributed by atoms with Gasteiger partial charge in [-0.15, -0.1) is 0 Å². The van der Waals surface area contributed by atoms with Gasteiger partial charge >= 0.3 is 0 Å².